The van der Waals surface area contributed by atoms with E-state index in [9.17, 15) is 9.59 Å². The van der Waals surface area contributed by atoms with Gasteiger partial charge in [0.15, 0.2) is 11.5 Å². The number of carbonyl (C=O) groups is 2. The van der Waals surface area contributed by atoms with E-state index in [-0.39, 0.29) is 18.3 Å². The van der Waals surface area contributed by atoms with Crippen LogP contribution < -0.4 is 4.74 Å². The van der Waals surface area contributed by atoms with Crippen molar-refractivity contribution in [3.8, 4) is 5.75 Å². The molecule has 2 aliphatic heterocycles. The van der Waals surface area contributed by atoms with Crippen LogP contribution in [0.3, 0.4) is 0 Å². The van der Waals surface area contributed by atoms with Gasteiger partial charge in [0.1, 0.15) is 17.0 Å². The summed E-state index contributed by atoms with van der Waals surface area (Å²) in [5.41, 5.74) is -0.175. The summed E-state index contributed by atoms with van der Waals surface area (Å²) in [7, 11) is 0. The highest BCUT2D eigenvalue weighted by atomic mass is 16.6. The maximum atomic E-state index is 12.5. The summed E-state index contributed by atoms with van der Waals surface area (Å²) in [6.07, 6.45) is 1.12. The molecule has 132 valence electrons. The molecule has 0 aromatic heterocycles. The van der Waals surface area contributed by atoms with Crippen LogP contribution in [-0.4, -0.2) is 41.1 Å². The van der Waals surface area contributed by atoms with E-state index >= 15 is 0 Å². The van der Waals surface area contributed by atoms with Gasteiger partial charge in [-0.15, -0.1) is 0 Å². The number of benzene rings is 1. The van der Waals surface area contributed by atoms with Crippen molar-refractivity contribution >= 4 is 17.6 Å². The van der Waals surface area contributed by atoms with E-state index in [1.807, 2.05) is 20.8 Å². The van der Waals surface area contributed by atoms with E-state index < -0.39 is 11.2 Å². The SMILES string of the molecule is [C-]#[N+]c1ccc2c(c1)C(=O)CC1(CCN(C(=O)OC(C)(C)C)CC1)O2. The van der Waals surface area contributed by atoms with Crippen molar-refractivity contribution < 1.29 is 19.1 Å². The normalized spacial score (nSPS) is 19.0. The first-order chi connectivity index (χ1) is 11.7. The number of piperidine rings is 1. The first-order valence-electron chi connectivity index (χ1n) is 8.43. The molecule has 3 rings (SSSR count). The van der Waals surface area contributed by atoms with Gasteiger partial charge >= 0.3 is 6.09 Å². The summed E-state index contributed by atoms with van der Waals surface area (Å²) in [5, 5.41) is 0. The largest absolute Gasteiger partial charge is 0.486 e. The third kappa shape index (κ3) is 3.60. The lowest BCUT2D eigenvalue weighted by molar-refractivity contribution is -0.0226. The molecule has 1 amide bonds. The van der Waals surface area contributed by atoms with E-state index in [0.717, 1.165) is 0 Å². The van der Waals surface area contributed by atoms with Crippen LogP contribution in [0.2, 0.25) is 0 Å². The van der Waals surface area contributed by atoms with Crippen molar-refractivity contribution in [2.75, 3.05) is 13.1 Å². The molecule has 0 saturated carbocycles. The zero-order valence-electron chi connectivity index (χ0n) is 14.8. The van der Waals surface area contributed by atoms with Crippen LogP contribution in [-0.2, 0) is 4.74 Å². The fraction of sp³-hybridized carbons (Fsp3) is 0.526. The highest BCUT2D eigenvalue weighted by Gasteiger charge is 2.44. The molecule has 1 fully saturated rings. The lowest BCUT2D eigenvalue weighted by Crippen LogP contribution is -2.52. The Morgan fingerprint density at radius 1 is 1.32 bits per heavy atom. The summed E-state index contributed by atoms with van der Waals surface area (Å²) >= 11 is 0. The topological polar surface area (TPSA) is 60.2 Å². The zero-order valence-corrected chi connectivity index (χ0v) is 14.8. The molecular weight excluding hydrogens is 320 g/mol. The lowest BCUT2D eigenvalue weighted by atomic mass is 9.82. The summed E-state index contributed by atoms with van der Waals surface area (Å²) in [6, 6.07) is 4.95. The number of likely N-dealkylation sites (tertiary alicyclic amines) is 1. The van der Waals surface area contributed by atoms with Gasteiger partial charge in [-0.25, -0.2) is 9.64 Å². The summed E-state index contributed by atoms with van der Waals surface area (Å²) < 4.78 is 11.6. The average molecular weight is 342 g/mol. The molecule has 1 aromatic carbocycles. The van der Waals surface area contributed by atoms with Gasteiger partial charge in [-0.05, 0) is 32.9 Å². The molecule has 0 radical (unpaired) electrons. The fourth-order valence-electron chi connectivity index (χ4n) is 3.25. The van der Waals surface area contributed by atoms with Gasteiger partial charge in [0.25, 0.3) is 0 Å². The maximum absolute atomic E-state index is 12.5. The second-order valence-corrected chi connectivity index (χ2v) is 7.64. The Balaban J connectivity index is 1.71. The van der Waals surface area contributed by atoms with Gasteiger partial charge in [0, 0.05) is 31.5 Å². The van der Waals surface area contributed by atoms with E-state index in [0.29, 0.717) is 42.9 Å². The van der Waals surface area contributed by atoms with Gasteiger partial charge in [-0.1, -0.05) is 6.07 Å². The Hall–Kier alpha value is -2.55. The van der Waals surface area contributed by atoms with Gasteiger partial charge < -0.3 is 14.4 Å². The molecule has 0 unspecified atom stereocenters. The number of hydrogen-bond donors (Lipinski definition) is 0. The van der Waals surface area contributed by atoms with Crippen LogP contribution in [0.4, 0.5) is 10.5 Å². The number of hydrogen-bond acceptors (Lipinski definition) is 4. The van der Waals surface area contributed by atoms with Crippen molar-refractivity contribution in [2.24, 2.45) is 0 Å². The lowest BCUT2D eigenvalue weighted by Gasteiger charge is -2.44. The molecular formula is C19H22N2O4. The van der Waals surface area contributed by atoms with Crippen molar-refractivity contribution in [3.63, 3.8) is 0 Å². The van der Waals surface area contributed by atoms with E-state index in [1.54, 1.807) is 23.1 Å². The molecule has 6 nitrogen and oxygen atoms in total. The molecule has 1 aromatic rings. The summed E-state index contributed by atoms with van der Waals surface area (Å²) in [6.45, 7) is 13.6. The second kappa shape index (κ2) is 6.07. The Labute approximate surface area is 147 Å². The quantitative estimate of drug-likeness (QED) is 0.669. The van der Waals surface area contributed by atoms with Crippen LogP contribution in [0.5, 0.6) is 5.75 Å². The number of carbonyl (C=O) groups excluding carboxylic acids is 2. The van der Waals surface area contributed by atoms with E-state index in [2.05, 4.69) is 4.85 Å². The third-order valence-corrected chi connectivity index (χ3v) is 4.53. The van der Waals surface area contributed by atoms with Crippen LogP contribution >= 0.6 is 0 Å². The smallest absolute Gasteiger partial charge is 0.410 e. The molecule has 0 atom stereocenters. The number of ether oxygens (including phenoxy) is 2. The molecule has 25 heavy (non-hydrogen) atoms. The average Bonchev–Trinajstić information content (AvgIpc) is 2.53. The molecule has 0 N–H and O–H groups in total. The Morgan fingerprint density at radius 3 is 2.60 bits per heavy atom. The van der Waals surface area contributed by atoms with Crippen LogP contribution in [0.25, 0.3) is 4.85 Å². The standard InChI is InChI=1S/C19H22N2O4/c1-18(2,3)25-17(23)21-9-7-19(8-10-21)12-15(22)14-11-13(20-4)5-6-16(14)24-19/h5-6,11H,7-10,12H2,1-3H3. The first-order valence-corrected chi connectivity index (χ1v) is 8.43. The molecule has 2 heterocycles. The summed E-state index contributed by atoms with van der Waals surface area (Å²) in [4.78, 5) is 29.8. The van der Waals surface area contributed by atoms with E-state index in [4.69, 9.17) is 16.0 Å². The van der Waals surface area contributed by atoms with Gasteiger partial charge in [0.2, 0.25) is 0 Å². The monoisotopic (exact) mass is 342 g/mol. The maximum Gasteiger partial charge on any atom is 0.410 e. The number of nitrogens with zero attached hydrogens (tertiary/aromatic N) is 2. The minimum atomic E-state index is -0.567. The van der Waals surface area contributed by atoms with E-state index in [1.165, 1.54) is 0 Å². The highest BCUT2D eigenvalue weighted by Crippen LogP contribution is 2.40. The van der Waals surface area contributed by atoms with Crippen molar-refractivity contribution in [1.29, 1.82) is 0 Å². The number of ketones is 1. The Morgan fingerprint density at radius 2 is 2.00 bits per heavy atom. The first kappa shape index (κ1) is 17.3. The Kier molecular flexibility index (Phi) is 4.19. The zero-order chi connectivity index (χ0) is 18.2. The van der Waals surface area contributed by atoms with Gasteiger partial charge in [-0.2, -0.15) is 0 Å². The summed E-state index contributed by atoms with van der Waals surface area (Å²) in [5.74, 6) is 0.534. The minimum absolute atomic E-state index is 0.00234. The molecule has 6 heteroatoms. The fourth-order valence-corrected chi connectivity index (χ4v) is 3.25. The van der Waals surface area contributed by atoms with Crippen LogP contribution in [0.15, 0.2) is 18.2 Å². The minimum Gasteiger partial charge on any atom is -0.486 e. The number of rotatable bonds is 0. The second-order valence-electron chi connectivity index (χ2n) is 7.64. The molecule has 0 aliphatic carbocycles. The number of fused-ring (bicyclic) bond motifs is 1. The number of Topliss-reactive ketones (excluding diaryl/α,β-unsaturated/α-hetero) is 1. The predicted octanol–water partition coefficient (Wildman–Crippen LogP) is 3.97. The van der Waals surface area contributed by atoms with Crippen molar-refractivity contribution in [3.05, 3.63) is 35.2 Å². The molecule has 2 aliphatic rings. The number of amides is 1. The molecule has 1 saturated heterocycles. The van der Waals surface area contributed by atoms with Crippen LogP contribution in [0, 0.1) is 6.57 Å². The Bertz CT molecular complexity index is 750. The van der Waals surface area contributed by atoms with Crippen molar-refractivity contribution in [2.45, 2.75) is 51.2 Å². The van der Waals surface area contributed by atoms with Crippen molar-refractivity contribution in [1.82, 2.24) is 4.90 Å². The third-order valence-electron chi connectivity index (χ3n) is 4.53. The molecule has 1 spiro atoms. The van der Waals surface area contributed by atoms with Gasteiger partial charge in [-0.3, -0.25) is 4.79 Å². The highest BCUT2D eigenvalue weighted by molar-refractivity contribution is 6.01. The van der Waals surface area contributed by atoms with Gasteiger partial charge in [0.05, 0.1) is 13.0 Å². The van der Waals surface area contributed by atoms with Crippen LogP contribution in [0.1, 0.15) is 50.4 Å². The predicted molar refractivity (Wildman–Crippen MR) is 92.1 cm³/mol. The molecule has 0 bridgehead atoms.